The Kier molecular flexibility index (Phi) is 6.26. The SMILES string of the molecule is CC1NCCCC1NC(=O)C1CCCN1C(=O)c1ccccc1OC(F)F. The summed E-state index contributed by atoms with van der Waals surface area (Å²) in [6.45, 7) is 0.359. The third-order valence-corrected chi connectivity index (χ3v) is 5.24. The second-order valence-corrected chi connectivity index (χ2v) is 7.03. The van der Waals surface area contributed by atoms with E-state index in [1.54, 1.807) is 6.07 Å². The summed E-state index contributed by atoms with van der Waals surface area (Å²) in [6.07, 6.45) is 3.14. The molecule has 1 aromatic rings. The lowest BCUT2D eigenvalue weighted by molar-refractivity contribution is -0.126. The van der Waals surface area contributed by atoms with Crippen LogP contribution in [0.1, 0.15) is 43.0 Å². The molecular weight excluding hydrogens is 356 g/mol. The second-order valence-electron chi connectivity index (χ2n) is 7.03. The van der Waals surface area contributed by atoms with Crippen molar-refractivity contribution >= 4 is 11.8 Å². The minimum atomic E-state index is -3.02. The molecule has 2 aliphatic rings. The predicted octanol–water partition coefficient (Wildman–Crippen LogP) is 2.15. The lowest BCUT2D eigenvalue weighted by Crippen LogP contribution is -2.56. The number of amides is 2. The van der Waals surface area contributed by atoms with Crippen molar-refractivity contribution in [3.8, 4) is 5.75 Å². The van der Waals surface area contributed by atoms with Crippen LogP contribution in [0.5, 0.6) is 5.75 Å². The Morgan fingerprint density at radius 1 is 1.26 bits per heavy atom. The largest absolute Gasteiger partial charge is 0.434 e. The van der Waals surface area contributed by atoms with Crippen LogP contribution in [-0.2, 0) is 4.79 Å². The van der Waals surface area contributed by atoms with Crippen LogP contribution >= 0.6 is 0 Å². The number of piperidine rings is 1. The van der Waals surface area contributed by atoms with Gasteiger partial charge in [0.1, 0.15) is 11.8 Å². The molecular formula is C19H25F2N3O3. The summed E-state index contributed by atoms with van der Waals surface area (Å²) in [5.74, 6) is -0.818. The average Bonchev–Trinajstić information content (AvgIpc) is 3.13. The number of likely N-dealkylation sites (tertiary alicyclic amines) is 1. The van der Waals surface area contributed by atoms with Crippen molar-refractivity contribution in [1.82, 2.24) is 15.5 Å². The van der Waals surface area contributed by atoms with Gasteiger partial charge in [-0.2, -0.15) is 8.78 Å². The molecule has 2 N–H and O–H groups in total. The fourth-order valence-corrected chi connectivity index (χ4v) is 3.80. The Bertz CT molecular complexity index is 686. The number of nitrogens with zero attached hydrogens (tertiary/aromatic N) is 1. The minimum absolute atomic E-state index is 0.0262. The summed E-state index contributed by atoms with van der Waals surface area (Å²) in [4.78, 5) is 27.2. The summed E-state index contributed by atoms with van der Waals surface area (Å²) in [7, 11) is 0. The topological polar surface area (TPSA) is 70.7 Å². The molecule has 2 amide bonds. The van der Waals surface area contributed by atoms with Crippen LogP contribution in [0.25, 0.3) is 0 Å². The number of carbonyl (C=O) groups is 2. The Morgan fingerprint density at radius 3 is 2.78 bits per heavy atom. The monoisotopic (exact) mass is 381 g/mol. The highest BCUT2D eigenvalue weighted by Crippen LogP contribution is 2.26. The van der Waals surface area contributed by atoms with Crippen molar-refractivity contribution in [2.24, 2.45) is 0 Å². The molecule has 3 rings (SSSR count). The van der Waals surface area contributed by atoms with E-state index in [9.17, 15) is 18.4 Å². The zero-order chi connectivity index (χ0) is 19.4. The number of hydrogen-bond acceptors (Lipinski definition) is 4. The lowest BCUT2D eigenvalue weighted by atomic mass is 9.99. The molecule has 2 fully saturated rings. The standard InChI is InChI=1S/C19H25F2N3O3/c1-12-14(7-4-10-22-12)23-17(25)15-8-5-11-24(15)18(26)13-6-2-3-9-16(13)27-19(20)21/h2-3,6,9,12,14-15,19,22H,4-5,7-8,10-11H2,1H3,(H,23,25). The van der Waals surface area contributed by atoms with Crippen LogP contribution in [0.4, 0.5) is 8.78 Å². The van der Waals surface area contributed by atoms with Gasteiger partial charge in [0.05, 0.1) is 5.56 Å². The Hall–Kier alpha value is -2.22. The van der Waals surface area contributed by atoms with Crippen LogP contribution in [0.15, 0.2) is 24.3 Å². The molecule has 8 heteroatoms. The molecule has 6 nitrogen and oxygen atoms in total. The van der Waals surface area contributed by atoms with E-state index in [4.69, 9.17) is 0 Å². The number of carbonyl (C=O) groups excluding carboxylic acids is 2. The summed E-state index contributed by atoms with van der Waals surface area (Å²) < 4.78 is 29.7. The van der Waals surface area contributed by atoms with Crippen LogP contribution in [0, 0.1) is 0 Å². The van der Waals surface area contributed by atoms with Gasteiger partial charge >= 0.3 is 6.61 Å². The molecule has 2 aliphatic heterocycles. The molecule has 148 valence electrons. The van der Waals surface area contributed by atoms with Crippen LogP contribution in [-0.4, -0.2) is 54.5 Å². The molecule has 1 aromatic carbocycles. The summed E-state index contributed by atoms with van der Waals surface area (Å²) in [5.41, 5.74) is 0.0465. The number of hydrogen-bond donors (Lipinski definition) is 2. The zero-order valence-corrected chi connectivity index (χ0v) is 15.3. The van der Waals surface area contributed by atoms with Gasteiger partial charge in [-0.3, -0.25) is 9.59 Å². The number of rotatable bonds is 5. The first-order valence-electron chi connectivity index (χ1n) is 9.36. The van der Waals surface area contributed by atoms with E-state index in [0.29, 0.717) is 19.4 Å². The fraction of sp³-hybridized carbons (Fsp3) is 0.579. The molecule has 0 aliphatic carbocycles. The quantitative estimate of drug-likeness (QED) is 0.820. The summed E-state index contributed by atoms with van der Waals surface area (Å²) in [6, 6.07) is 5.50. The molecule has 0 saturated carbocycles. The predicted molar refractivity (Wildman–Crippen MR) is 95.8 cm³/mol. The number of alkyl halides is 2. The van der Waals surface area contributed by atoms with E-state index >= 15 is 0 Å². The van der Waals surface area contributed by atoms with Crippen LogP contribution in [0.2, 0.25) is 0 Å². The number of ether oxygens (including phenoxy) is 1. The van der Waals surface area contributed by atoms with Gasteiger partial charge in [-0.1, -0.05) is 12.1 Å². The third-order valence-electron chi connectivity index (χ3n) is 5.24. The first-order valence-corrected chi connectivity index (χ1v) is 9.36. The highest BCUT2D eigenvalue weighted by atomic mass is 19.3. The van der Waals surface area contributed by atoms with E-state index in [-0.39, 0.29) is 29.3 Å². The van der Waals surface area contributed by atoms with Crippen molar-refractivity contribution in [2.45, 2.75) is 57.3 Å². The zero-order valence-electron chi connectivity index (χ0n) is 15.3. The molecule has 0 bridgehead atoms. The smallest absolute Gasteiger partial charge is 0.387 e. The van der Waals surface area contributed by atoms with Crippen molar-refractivity contribution in [1.29, 1.82) is 0 Å². The molecule has 3 unspecified atom stereocenters. The number of benzene rings is 1. The van der Waals surface area contributed by atoms with Gasteiger partial charge in [-0.05, 0) is 51.3 Å². The van der Waals surface area contributed by atoms with Gasteiger partial charge < -0.3 is 20.3 Å². The van der Waals surface area contributed by atoms with E-state index < -0.39 is 18.6 Å². The normalized spacial score (nSPS) is 25.5. The van der Waals surface area contributed by atoms with Crippen molar-refractivity contribution in [3.63, 3.8) is 0 Å². The van der Waals surface area contributed by atoms with E-state index in [0.717, 1.165) is 19.4 Å². The van der Waals surface area contributed by atoms with Crippen LogP contribution < -0.4 is 15.4 Å². The maximum atomic E-state index is 12.9. The third kappa shape index (κ3) is 4.55. The van der Waals surface area contributed by atoms with Gasteiger partial charge in [-0.25, -0.2) is 0 Å². The Labute approximate surface area is 157 Å². The molecule has 0 aromatic heterocycles. The fourth-order valence-electron chi connectivity index (χ4n) is 3.80. The molecule has 3 atom stereocenters. The van der Waals surface area contributed by atoms with E-state index in [1.807, 2.05) is 6.92 Å². The maximum absolute atomic E-state index is 12.9. The first-order chi connectivity index (χ1) is 13.0. The Balaban J connectivity index is 1.72. The number of nitrogens with one attached hydrogen (secondary N) is 2. The lowest BCUT2D eigenvalue weighted by Gasteiger charge is -2.33. The minimum Gasteiger partial charge on any atom is -0.434 e. The van der Waals surface area contributed by atoms with Gasteiger partial charge in [-0.15, -0.1) is 0 Å². The van der Waals surface area contributed by atoms with E-state index in [2.05, 4.69) is 15.4 Å². The molecule has 0 radical (unpaired) electrons. The van der Waals surface area contributed by atoms with Gasteiger partial charge in [0.2, 0.25) is 5.91 Å². The second kappa shape index (κ2) is 8.65. The maximum Gasteiger partial charge on any atom is 0.387 e. The van der Waals surface area contributed by atoms with Crippen molar-refractivity contribution in [3.05, 3.63) is 29.8 Å². The van der Waals surface area contributed by atoms with E-state index in [1.165, 1.54) is 23.1 Å². The highest BCUT2D eigenvalue weighted by Gasteiger charge is 2.37. The van der Waals surface area contributed by atoms with Crippen LogP contribution in [0.3, 0.4) is 0 Å². The molecule has 27 heavy (non-hydrogen) atoms. The molecule has 0 spiro atoms. The Morgan fingerprint density at radius 2 is 2.04 bits per heavy atom. The number of para-hydroxylation sites is 1. The van der Waals surface area contributed by atoms with Gasteiger partial charge in [0.25, 0.3) is 5.91 Å². The van der Waals surface area contributed by atoms with Gasteiger partial charge in [0, 0.05) is 18.6 Å². The number of halogens is 2. The van der Waals surface area contributed by atoms with Gasteiger partial charge in [0.15, 0.2) is 0 Å². The summed E-state index contributed by atoms with van der Waals surface area (Å²) in [5, 5.41) is 6.38. The first kappa shape index (κ1) is 19.5. The van der Waals surface area contributed by atoms with Crippen molar-refractivity contribution in [2.75, 3.05) is 13.1 Å². The molecule has 2 saturated heterocycles. The van der Waals surface area contributed by atoms with Crippen molar-refractivity contribution < 1.29 is 23.1 Å². The molecule has 2 heterocycles. The summed E-state index contributed by atoms with van der Waals surface area (Å²) >= 11 is 0. The highest BCUT2D eigenvalue weighted by molar-refractivity contribution is 6.00. The average molecular weight is 381 g/mol.